The van der Waals surface area contributed by atoms with E-state index in [2.05, 4.69) is 4.98 Å². The monoisotopic (exact) mass is 174 g/mol. The molecule has 1 aromatic heterocycles. The van der Waals surface area contributed by atoms with Crippen molar-refractivity contribution in [2.45, 2.75) is 6.92 Å². The Morgan fingerprint density at radius 2 is 2.46 bits per heavy atom. The molecule has 3 heteroatoms. The Morgan fingerprint density at radius 3 is 3.00 bits per heavy atom. The number of rotatable bonds is 3. The Hall–Kier alpha value is -1.82. The van der Waals surface area contributed by atoms with E-state index in [0.717, 1.165) is 5.56 Å². The maximum atomic E-state index is 8.28. The van der Waals surface area contributed by atoms with E-state index < -0.39 is 0 Å². The Bertz CT molecular complexity index is 322. The second kappa shape index (κ2) is 4.94. The quantitative estimate of drug-likeness (QED) is 0.658. The van der Waals surface area contributed by atoms with Crippen LogP contribution < -0.4 is 4.74 Å². The number of pyridine rings is 1. The number of allylic oxidation sites excluding steroid dienone is 1. The number of nitrogens with zero attached hydrogens (tertiary/aromatic N) is 2. The minimum Gasteiger partial charge on any atom is -0.478 e. The fourth-order valence-electron chi connectivity index (χ4n) is 0.857. The summed E-state index contributed by atoms with van der Waals surface area (Å²) in [5.74, 6) is 0.608. The van der Waals surface area contributed by atoms with Crippen LogP contribution >= 0.6 is 0 Å². The molecule has 1 heterocycles. The SMILES string of the molecule is CCOc1ccc(/C=C/C#N)cn1. The molecule has 0 unspecified atom stereocenters. The number of ether oxygens (including phenoxy) is 1. The molecule has 0 N–H and O–H groups in total. The molecular formula is C10H10N2O. The van der Waals surface area contributed by atoms with Gasteiger partial charge >= 0.3 is 0 Å². The summed E-state index contributed by atoms with van der Waals surface area (Å²) in [6, 6.07) is 5.55. The minimum absolute atomic E-state index is 0.608. The zero-order valence-electron chi connectivity index (χ0n) is 7.40. The predicted octanol–water partition coefficient (Wildman–Crippen LogP) is 2.02. The van der Waals surface area contributed by atoms with Gasteiger partial charge in [0.25, 0.3) is 0 Å². The van der Waals surface area contributed by atoms with Crippen molar-refractivity contribution < 1.29 is 4.74 Å². The van der Waals surface area contributed by atoms with Gasteiger partial charge in [0.05, 0.1) is 12.7 Å². The smallest absolute Gasteiger partial charge is 0.213 e. The highest BCUT2D eigenvalue weighted by Crippen LogP contribution is 2.08. The highest BCUT2D eigenvalue weighted by molar-refractivity contribution is 5.50. The lowest BCUT2D eigenvalue weighted by Gasteiger charge is -2.00. The van der Waals surface area contributed by atoms with Crippen LogP contribution in [0.5, 0.6) is 5.88 Å². The summed E-state index contributed by atoms with van der Waals surface area (Å²) in [4.78, 5) is 4.04. The van der Waals surface area contributed by atoms with Crippen LogP contribution in [0.2, 0.25) is 0 Å². The Kier molecular flexibility index (Phi) is 3.52. The van der Waals surface area contributed by atoms with Crippen LogP contribution in [-0.2, 0) is 0 Å². The molecule has 0 aliphatic carbocycles. The lowest BCUT2D eigenvalue weighted by atomic mass is 10.2. The molecule has 0 amide bonds. The van der Waals surface area contributed by atoms with Crippen LogP contribution in [0.3, 0.4) is 0 Å². The fraction of sp³-hybridized carbons (Fsp3) is 0.200. The molecule has 0 radical (unpaired) electrons. The van der Waals surface area contributed by atoms with E-state index in [4.69, 9.17) is 10.00 Å². The third-order valence-corrected chi connectivity index (χ3v) is 1.40. The summed E-state index contributed by atoms with van der Waals surface area (Å²) in [6.45, 7) is 2.52. The second-order valence-electron chi connectivity index (χ2n) is 2.33. The Balaban J connectivity index is 2.70. The van der Waals surface area contributed by atoms with Gasteiger partial charge in [0.15, 0.2) is 0 Å². The molecule has 3 nitrogen and oxygen atoms in total. The largest absolute Gasteiger partial charge is 0.478 e. The number of nitriles is 1. The first kappa shape index (κ1) is 9.27. The molecule has 0 aliphatic heterocycles. The van der Waals surface area contributed by atoms with E-state index in [1.807, 2.05) is 19.1 Å². The van der Waals surface area contributed by atoms with Crippen molar-refractivity contribution in [3.63, 3.8) is 0 Å². The summed E-state index contributed by atoms with van der Waals surface area (Å²) in [7, 11) is 0. The summed E-state index contributed by atoms with van der Waals surface area (Å²) in [5, 5.41) is 8.28. The Labute approximate surface area is 77.3 Å². The fourth-order valence-corrected chi connectivity index (χ4v) is 0.857. The summed E-state index contributed by atoms with van der Waals surface area (Å²) in [6.07, 6.45) is 4.78. The lowest BCUT2D eigenvalue weighted by molar-refractivity contribution is 0.327. The molecule has 1 aromatic rings. The molecular weight excluding hydrogens is 164 g/mol. The number of hydrogen-bond acceptors (Lipinski definition) is 3. The van der Waals surface area contributed by atoms with E-state index in [1.54, 1.807) is 18.3 Å². The first-order valence-electron chi connectivity index (χ1n) is 4.02. The third kappa shape index (κ3) is 2.96. The van der Waals surface area contributed by atoms with Gasteiger partial charge in [-0.1, -0.05) is 0 Å². The molecule has 0 aromatic carbocycles. The Morgan fingerprint density at radius 1 is 1.62 bits per heavy atom. The van der Waals surface area contributed by atoms with Crippen LogP contribution in [0.4, 0.5) is 0 Å². The predicted molar refractivity (Wildman–Crippen MR) is 50.1 cm³/mol. The first-order valence-corrected chi connectivity index (χ1v) is 4.02. The second-order valence-corrected chi connectivity index (χ2v) is 2.33. The van der Waals surface area contributed by atoms with Crippen LogP contribution in [-0.4, -0.2) is 11.6 Å². The minimum atomic E-state index is 0.608. The molecule has 0 spiro atoms. The van der Waals surface area contributed by atoms with Crippen LogP contribution in [0.1, 0.15) is 12.5 Å². The molecule has 0 bridgehead atoms. The van der Waals surface area contributed by atoms with Crippen molar-refractivity contribution in [2.24, 2.45) is 0 Å². The van der Waals surface area contributed by atoms with Gasteiger partial charge in [-0.05, 0) is 24.6 Å². The van der Waals surface area contributed by atoms with Gasteiger partial charge in [0.2, 0.25) is 5.88 Å². The van der Waals surface area contributed by atoms with Gasteiger partial charge < -0.3 is 4.74 Å². The third-order valence-electron chi connectivity index (χ3n) is 1.40. The normalized spacial score (nSPS) is 9.85. The average molecular weight is 174 g/mol. The molecule has 1 rings (SSSR count). The van der Waals surface area contributed by atoms with E-state index >= 15 is 0 Å². The molecule has 0 atom stereocenters. The first-order chi connectivity index (χ1) is 6.36. The van der Waals surface area contributed by atoms with E-state index in [1.165, 1.54) is 6.08 Å². The topological polar surface area (TPSA) is 45.9 Å². The molecule has 66 valence electrons. The molecule has 0 saturated heterocycles. The highest BCUT2D eigenvalue weighted by Gasteiger charge is 1.91. The maximum Gasteiger partial charge on any atom is 0.213 e. The summed E-state index contributed by atoms with van der Waals surface area (Å²) in [5.41, 5.74) is 0.894. The zero-order chi connectivity index (χ0) is 9.52. The van der Waals surface area contributed by atoms with Crippen LogP contribution in [0, 0.1) is 11.3 Å². The maximum absolute atomic E-state index is 8.28. The van der Waals surface area contributed by atoms with Gasteiger partial charge in [-0.3, -0.25) is 0 Å². The van der Waals surface area contributed by atoms with Gasteiger partial charge in [-0.25, -0.2) is 4.98 Å². The van der Waals surface area contributed by atoms with E-state index in [-0.39, 0.29) is 0 Å². The van der Waals surface area contributed by atoms with E-state index in [0.29, 0.717) is 12.5 Å². The van der Waals surface area contributed by atoms with Gasteiger partial charge in [-0.15, -0.1) is 0 Å². The molecule has 13 heavy (non-hydrogen) atoms. The van der Waals surface area contributed by atoms with Crippen LogP contribution in [0.25, 0.3) is 6.08 Å². The average Bonchev–Trinajstić information content (AvgIpc) is 2.17. The van der Waals surface area contributed by atoms with E-state index in [9.17, 15) is 0 Å². The van der Waals surface area contributed by atoms with Crippen molar-refractivity contribution in [1.82, 2.24) is 4.98 Å². The summed E-state index contributed by atoms with van der Waals surface area (Å²) >= 11 is 0. The van der Waals surface area contributed by atoms with Gasteiger partial charge in [-0.2, -0.15) is 5.26 Å². The van der Waals surface area contributed by atoms with Gasteiger partial charge in [0, 0.05) is 18.3 Å². The highest BCUT2D eigenvalue weighted by atomic mass is 16.5. The number of aromatic nitrogens is 1. The van der Waals surface area contributed by atoms with Gasteiger partial charge in [0.1, 0.15) is 0 Å². The number of hydrogen-bond donors (Lipinski definition) is 0. The molecule has 0 fully saturated rings. The van der Waals surface area contributed by atoms with Crippen molar-refractivity contribution >= 4 is 6.08 Å². The van der Waals surface area contributed by atoms with Crippen LogP contribution in [0.15, 0.2) is 24.4 Å². The molecule has 0 saturated carbocycles. The molecule has 0 aliphatic rings. The lowest BCUT2D eigenvalue weighted by Crippen LogP contribution is -1.93. The van der Waals surface area contributed by atoms with Crippen molar-refractivity contribution in [2.75, 3.05) is 6.61 Å². The van der Waals surface area contributed by atoms with Crippen molar-refractivity contribution in [3.8, 4) is 11.9 Å². The standard InChI is InChI=1S/C10H10N2O/c1-2-13-10-6-5-9(8-12-10)4-3-7-11/h3-6,8H,2H2,1H3/b4-3+. The summed E-state index contributed by atoms with van der Waals surface area (Å²) < 4.78 is 5.17. The zero-order valence-corrected chi connectivity index (χ0v) is 7.40. The van der Waals surface area contributed by atoms with Crippen molar-refractivity contribution in [1.29, 1.82) is 5.26 Å². The van der Waals surface area contributed by atoms with Crippen molar-refractivity contribution in [3.05, 3.63) is 30.0 Å².